The molecule has 0 unspecified atom stereocenters. The van der Waals surface area contributed by atoms with E-state index in [4.69, 9.17) is 22.4 Å². The SMILES string of the molecule is N[C@H](C(=O)O)[C@H](O)c1ccc(Cc2ccccc2)c(Cl)c1. The Bertz CT molecular complexity index is 631. The van der Waals surface area contributed by atoms with Crippen LogP contribution in [-0.2, 0) is 11.2 Å². The largest absolute Gasteiger partial charge is 0.480 e. The summed E-state index contributed by atoms with van der Waals surface area (Å²) < 4.78 is 0. The van der Waals surface area contributed by atoms with Gasteiger partial charge in [-0.05, 0) is 29.2 Å². The number of aliphatic carboxylic acids is 1. The van der Waals surface area contributed by atoms with E-state index in [1.165, 1.54) is 0 Å². The zero-order valence-electron chi connectivity index (χ0n) is 11.2. The van der Waals surface area contributed by atoms with Crippen LogP contribution in [0.4, 0.5) is 0 Å². The van der Waals surface area contributed by atoms with Crippen LogP contribution in [0.2, 0.25) is 5.02 Å². The van der Waals surface area contributed by atoms with Gasteiger partial charge in [-0.1, -0.05) is 54.1 Å². The third-order valence-corrected chi connectivity index (χ3v) is 3.63. The average molecular weight is 306 g/mol. The van der Waals surface area contributed by atoms with Crippen molar-refractivity contribution in [3.05, 3.63) is 70.2 Å². The van der Waals surface area contributed by atoms with E-state index >= 15 is 0 Å². The third kappa shape index (κ3) is 3.82. The van der Waals surface area contributed by atoms with E-state index in [1.54, 1.807) is 18.2 Å². The second-order valence-corrected chi connectivity index (χ2v) is 5.23. The number of carboxylic acids is 1. The molecule has 0 aliphatic carbocycles. The number of rotatable bonds is 5. The Morgan fingerprint density at radius 2 is 1.86 bits per heavy atom. The van der Waals surface area contributed by atoms with Crippen LogP contribution in [-0.4, -0.2) is 22.2 Å². The summed E-state index contributed by atoms with van der Waals surface area (Å²) >= 11 is 6.21. The lowest BCUT2D eigenvalue weighted by atomic mass is 9.99. The summed E-state index contributed by atoms with van der Waals surface area (Å²) in [6.45, 7) is 0. The number of benzene rings is 2. The normalized spacial score (nSPS) is 13.7. The van der Waals surface area contributed by atoms with Crippen LogP contribution >= 0.6 is 11.6 Å². The molecule has 2 rings (SSSR count). The molecule has 4 nitrogen and oxygen atoms in total. The van der Waals surface area contributed by atoms with Crippen molar-refractivity contribution in [2.75, 3.05) is 0 Å². The number of carbonyl (C=O) groups is 1. The van der Waals surface area contributed by atoms with Crippen molar-refractivity contribution in [2.24, 2.45) is 5.73 Å². The van der Waals surface area contributed by atoms with Crippen LogP contribution in [0.3, 0.4) is 0 Å². The molecule has 0 bridgehead atoms. The molecule has 0 aromatic heterocycles. The van der Waals surface area contributed by atoms with Crippen molar-refractivity contribution in [1.82, 2.24) is 0 Å². The Balaban J connectivity index is 2.19. The Morgan fingerprint density at radius 3 is 2.43 bits per heavy atom. The molecule has 0 spiro atoms. The van der Waals surface area contributed by atoms with Crippen molar-refractivity contribution in [3.8, 4) is 0 Å². The van der Waals surface area contributed by atoms with Crippen LogP contribution in [0.1, 0.15) is 22.8 Å². The summed E-state index contributed by atoms with van der Waals surface area (Å²) in [5, 5.41) is 19.2. The molecule has 0 radical (unpaired) electrons. The van der Waals surface area contributed by atoms with Gasteiger partial charge in [-0.3, -0.25) is 4.79 Å². The van der Waals surface area contributed by atoms with Crippen LogP contribution in [0.5, 0.6) is 0 Å². The molecular weight excluding hydrogens is 290 g/mol. The van der Waals surface area contributed by atoms with Crippen LogP contribution in [0, 0.1) is 0 Å². The van der Waals surface area contributed by atoms with Gasteiger partial charge in [0.15, 0.2) is 0 Å². The van der Waals surface area contributed by atoms with E-state index in [-0.39, 0.29) is 0 Å². The number of aliphatic hydroxyl groups is 1. The Hall–Kier alpha value is -1.88. The molecule has 4 N–H and O–H groups in total. The summed E-state index contributed by atoms with van der Waals surface area (Å²) in [6, 6.07) is 13.5. The molecule has 2 aromatic rings. The predicted octanol–water partition coefficient (Wildman–Crippen LogP) is 2.38. The van der Waals surface area contributed by atoms with Gasteiger partial charge in [-0.15, -0.1) is 0 Å². The fraction of sp³-hybridized carbons (Fsp3) is 0.188. The van der Waals surface area contributed by atoms with Crippen LogP contribution in [0.25, 0.3) is 0 Å². The first-order valence-electron chi connectivity index (χ1n) is 6.47. The van der Waals surface area contributed by atoms with Crippen molar-refractivity contribution in [3.63, 3.8) is 0 Å². The Labute approximate surface area is 127 Å². The summed E-state index contributed by atoms with van der Waals surface area (Å²) in [4.78, 5) is 10.8. The Morgan fingerprint density at radius 1 is 1.19 bits per heavy atom. The molecular formula is C16H16ClNO3. The number of nitrogens with two attached hydrogens (primary N) is 1. The highest BCUT2D eigenvalue weighted by molar-refractivity contribution is 6.31. The first kappa shape index (κ1) is 15.5. The highest BCUT2D eigenvalue weighted by Gasteiger charge is 2.23. The fourth-order valence-corrected chi connectivity index (χ4v) is 2.30. The smallest absolute Gasteiger partial charge is 0.323 e. The van der Waals surface area contributed by atoms with Gasteiger partial charge < -0.3 is 15.9 Å². The van der Waals surface area contributed by atoms with E-state index in [2.05, 4.69) is 0 Å². The molecule has 0 aliphatic rings. The summed E-state index contributed by atoms with van der Waals surface area (Å²) in [7, 11) is 0. The van der Waals surface area contributed by atoms with E-state index < -0.39 is 18.1 Å². The maximum atomic E-state index is 10.8. The first-order valence-corrected chi connectivity index (χ1v) is 6.85. The minimum Gasteiger partial charge on any atom is -0.480 e. The van der Waals surface area contributed by atoms with Gasteiger partial charge in [-0.2, -0.15) is 0 Å². The van der Waals surface area contributed by atoms with Crippen molar-refractivity contribution >= 4 is 17.6 Å². The zero-order chi connectivity index (χ0) is 15.4. The number of aliphatic hydroxyl groups excluding tert-OH is 1. The van der Waals surface area contributed by atoms with Gasteiger partial charge in [0, 0.05) is 5.02 Å². The minimum atomic E-state index is -1.37. The highest BCUT2D eigenvalue weighted by Crippen LogP contribution is 2.25. The quantitative estimate of drug-likeness (QED) is 0.792. The molecule has 0 saturated heterocycles. The van der Waals surface area contributed by atoms with E-state index in [0.29, 0.717) is 17.0 Å². The number of carboxylic acid groups (broad SMARTS) is 1. The van der Waals surface area contributed by atoms with E-state index in [1.807, 2.05) is 30.3 Å². The molecule has 0 heterocycles. The van der Waals surface area contributed by atoms with Crippen molar-refractivity contribution < 1.29 is 15.0 Å². The number of hydrogen-bond donors (Lipinski definition) is 3. The van der Waals surface area contributed by atoms with Gasteiger partial charge in [0.05, 0.1) is 0 Å². The predicted molar refractivity (Wildman–Crippen MR) is 81.3 cm³/mol. The van der Waals surface area contributed by atoms with Gasteiger partial charge in [0.25, 0.3) is 0 Å². The molecule has 2 aromatic carbocycles. The third-order valence-electron chi connectivity index (χ3n) is 3.28. The molecule has 2 atom stereocenters. The second kappa shape index (κ2) is 6.72. The lowest BCUT2D eigenvalue weighted by Crippen LogP contribution is -2.36. The zero-order valence-corrected chi connectivity index (χ0v) is 12.0. The average Bonchev–Trinajstić information content (AvgIpc) is 2.48. The van der Waals surface area contributed by atoms with E-state index in [9.17, 15) is 9.90 Å². The lowest BCUT2D eigenvalue weighted by molar-refractivity contribution is -0.141. The van der Waals surface area contributed by atoms with Gasteiger partial charge in [0.2, 0.25) is 0 Å². The number of hydrogen-bond acceptors (Lipinski definition) is 3. The minimum absolute atomic E-state index is 0.395. The number of halogens is 1. The topological polar surface area (TPSA) is 83.6 Å². The summed E-state index contributed by atoms with van der Waals surface area (Å²) in [6.07, 6.45) is -0.619. The molecule has 110 valence electrons. The van der Waals surface area contributed by atoms with Crippen LogP contribution < -0.4 is 5.73 Å². The van der Waals surface area contributed by atoms with Gasteiger partial charge in [0.1, 0.15) is 12.1 Å². The highest BCUT2D eigenvalue weighted by atomic mass is 35.5. The molecule has 5 heteroatoms. The molecule has 21 heavy (non-hydrogen) atoms. The molecule has 0 amide bonds. The molecule has 0 fully saturated rings. The van der Waals surface area contributed by atoms with Gasteiger partial charge >= 0.3 is 5.97 Å². The lowest BCUT2D eigenvalue weighted by Gasteiger charge is -2.16. The van der Waals surface area contributed by atoms with Crippen molar-refractivity contribution in [2.45, 2.75) is 18.6 Å². The second-order valence-electron chi connectivity index (χ2n) is 4.82. The molecule has 0 aliphatic heterocycles. The fourth-order valence-electron chi connectivity index (χ4n) is 2.05. The standard InChI is InChI=1S/C16H16ClNO3/c17-13-9-12(15(19)14(18)16(20)21)7-6-11(13)8-10-4-2-1-3-5-10/h1-7,9,14-15,19H,8,18H2,(H,20,21)/t14-,15+/m0/s1. The first-order chi connectivity index (χ1) is 9.99. The van der Waals surface area contributed by atoms with Crippen LogP contribution in [0.15, 0.2) is 48.5 Å². The summed E-state index contributed by atoms with van der Waals surface area (Å²) in [5.74, 6) is -1.26. The molecule has 0 saturated carbocycles. The van der Waals surface area contributed by atoms with E-state index in [0.717, 1.165) is 11.1 Å². The Kier molecular flexibility index (Phi) is 4.96. The van der Waals surface area contributed by atoms with Gasteiger partial charge in [-0.25, -0.2) is 0 Å². The summed E-state index contributed by atoms with van der Waals surface area (Å²) in [5.41, 5.74) is 7.83. The maximum Gasteiger partial charge on any atom is 0.323 e. The maximum absolute atomic E-state index is 10.8. The monoisotopic (exact) mass is 305 g/mol. The van der Waals surface area contributed by atoms with Crippen molar-refractivity contribution in [1.29, 1.82) is 0 Å².